The summed E-state index contributed by atoms with van der Waals surface area (Å²) in [6.07, 6.45) is 16.2. The molecule has 3 N–H and O–H groups in total. The average Bonchev–Trinajstić information content (AvgIpc) is 3.57. The Bertz CT molecular complexity index is 1290. The molecule has 3 heterocycles. The molecule has 0 bridgehead atoms. The maximum absolute atomic E-state index is 12.8. The number of nitrogens with one attached hydrogen (secondary N) is 1. The third kappa shape index (κ3) is 4.77. The zero-order valence-electron chi connectivity index (χ0n) is 21.7. The maximum Gasteiger partial charge on any atom is 0.410 e. The normalized spacial score (nSPS) is 24.6. The number of halogens is 1. The number of dihydropyridines is 1. The van der Waals surface area contributed by atoms with Crippen LogP contribution >= 0.6 is 11.6 Å². The molecule has 1 amide bonds. The van der Waals surface area contributed by atoms with Crippen LogP contribution in [-0.2, 0) is 11.8 Å². The molecule has 4 aliphatic rings. The summed E-state index contributed by atoms with van der Waals surface area (Å²) in [6, 6.07) is 5.84. The van der Waals surface area contributed by atoms with Gasteiger partial charge >= 0.3 is 6.09 Å². The van der Waals surface area contributed by atoms with Crippen LogP contribution in [-0.4, -0.2) is 63.8 Å². The van der Waals surface area contributed by atoms with Crippen LogP contribution in [0.3, 0.4) is 0 Å². The molecule has 1 aromatic carbocycles. The Hall–Kier alpha value is -3.07. The van der Waals surface area contributed by atoms with Gasteiger partial charge in [-0.1, -0.05) is 29.8 Å². The van der Waals surface area contributed by atoms with E-state index >= 15 is 0 Å². The first-order valence-corrected chi connectivity index (χ1v) is 13.9. The Kier molecular flexibility index (Phi) is 7.03. The first-order valence-electron chi connectivity index (χ1n) is 13.5. The Morgan fingerprint density at radius 1 is 1.21 bits per heavy atom. The van der Waals surface area contributed by atoms with Crippen molar-refractivity contribution in [2.75, 3.05) is 26.2 Å². The number of nitrogens with zero attached hydrogens (tertiary/aromatic N) is 4. The predicted octanol–water partition coefficient (Wildman–Crippen LogP) is 4.32. The van der Waals surface area contributed by atoms with Gasteiger partial charge in [-0.25, -0.2) is 9.78 Å². The number of hydrogen-bond donors (Lipinski definition) is 2. The van der Waals surface area contributed by atoms with Crippen molar-refractivity contribution < 1.29 is 9.53 Å². The van der Waals surface area contributed by atoms with E-state index in [4.69, 9.17) is 22.1 Å². The highest BCUT2D eigenvalue weighted by molar-refractivity contribution is 6.30. The number of carbonyl (C=O) groups is 1. The molecular weight excluding hydrogens is 500 g/mol. The number of hydrogen-bond acceptors (Lipinski definition) is 6. The number of piperazine rings is 1. The molecule has 38 heavy (non-hydrogen) atoms. The van der Waals surface area contributed by atoms with Crippen LogP contribution in [0.15, 0.2) is 60.7 Å². The van der Waals surface area contributed by atoms with Crippen molar-refractivity contribution in [2.45, 2.75) is 49.9 Å². The van der Waals surface area contributed by atoms with Gasteiger partial charge in [0.2, 0.25) is 0 Å². The molecule has 3 atom stereocenters. The van der Waals surface area contributed by atoms with E-state index in [1.54, 1.807) is 6.33 Å². The van der Waals surface area contributed by atoms with E-state index in [0.29, 0.717) is 18.1 Å². The van der Waals surface area contributed by atoms with Gasteiger partial charge in [0.25, 0.3) is 0 Å². The molecule has 2 aliphatic carbocycles. The Morgan fingerprint density at radius 3 is 2.74 bits per heavy atom. The fraction of sp³-hybridized carbons (Fsp3) is 0.448. The summed E-state index contributed by atoms with van der Waals surface area (Å²) in [5.41, 5.74) is 12.3. The second kappa shape index (κ2) is 10.6. The van der Waals surface area contributed by atoms with Crippen LogP contribution in [0.2, 0.25) is 5.02 Å². The first kappa shape index (κ1) is 25.2. The van der Waals surface area contributed by atoms with Crippen molar-refractivity contribution in [1.29, 1.82) is 0 Å². The Morgan fingerprint density at radius 2 is 2.00 bits per heavy atom. The molecule has 6 rings (SSSR count). The topological polar surface area (TPSA) is 88.7 Å². The summed E-state index contributed by atoms with van der Waals surface area (Å²) < 4.78 is 7.75. The van der Waals surface area contributed by atoms with Crippen molar-refractivity contribution in [3.63, 3.8) is 0 Å². The first-order chi connectivity index (χ1) is 18.5. The quantitative estimate of drug-likeness (QED) is 0.607. The number of fused-ring (bicyclic) bond motifs is 2. The van der Waals surface area contributed by atoms with Gasteiger partial charge in [0, 0.05) is 38.2 Å². The highest BCUT2D eigenvalue weighted by Gasteiger charge is 2.39. The largest absolute Gasteiger partial charge is 0.446 e. The van der Waals surface area contributed by atoms with Gasteiger partial charge in [0.1, 0.15) is 6.10 Å². The lowest BCUT2D eigenvalue weighted by atomic mass is 9.89. The minimum absolute atomic E-state index is 0.0353. The highest BCUT2D eigenvalue weighted by atomic mass is 35.5. The lowest BCUT2D eigenvalue weighted by Gasteiger charge is -2.43. The summed E-state index contributed by atoms with van der Waals surface area (Å²) in [4.78, 5) is 21.5. The van der Waals surface area contributed by atoms with E-state index < -0.39 is 0 Å². The number of imidazole rings is 1. The van der Waals surface area contributed by atoms with Crippen LogP contribution < -0.4 is 11.1 Å². The van der Waals surface area contributed by atoms with E-state index in [-0.39, 0.29) is 30.3 Å². The van der Waals surface area contributed by atoms with Crippen LogP contribution in [0.1, 0.15) is 54.6 Å². The number of carbonyl (C=O) groups excluding carboxylic acids is 1. The molecule has 0 radical (unpaired) electrons. The Labute approximate surface area is 228 Å². The summed E-state index contributed by atoms with van der Waals surface area (Å²) in [7, 11) is 1.96. The van der Waals surface area contributed by atoms with Crippen LogP contribution in [0.5, 0.6) is 0 Å². The lowest BCUT2D eigenvalue weighted by Crippen LogP contribution is -2.53. The monoisotopic (exact) mass is 534 g/mol. The number of benzene rings is 1. The number of amides is 1. The van der Waals surface area contributed by atoms with Crippen molar-refractivity contribution in [1.82, 2.24) is 24.7 Å². The number of allylic oxidation sites excluding steroid dienone is 2. The van der Waals surface area contributed by atoms with Crippen molar-refractivity contribution >= 4 is 23.3 Å². The van der Waals surface area contributed by atoms with Crippen LogP contribution in [0.25, 0.3) is 5.57 Å². The summed E-state index contributed by atoms with van der Waals surface area (Å²) in [5.74, 6) is 0. The predicted molar refractivity (Wildman–Crippen MR) is 148 cm³/mol. The molecule has 2 aliphatic heterocycles. The average molecular weight is 535 g/mol. The summed E-state index contributed by atoms with van der Waals surface area (Å²) in [5, 5.41) is 4.30. The van der Waals surface area contributed by atoms with E-state index in [2.05, 4.69) is 33.4 Å². The van der Waals surface area contributed by atoms with Crippen molar-refractivity contribution in [2.24, 2.45) is 12.8 Å². The zero-order valence-corrected chi connectivity index (χ0v) is 22.5. The highest BCUT2D eigenvalue weighted by Crippen LogP contribution is 2.43. The summed E-state index contributed by atoms with van der Waals surface area (Å²) >= 11 is 6.57. The second-order valence-corrected chi connectivity index (χ2v) is 11.1. The fourth-order valence-electron chi connectivity index (χ4n) is 6.30. The number of ether oxygens (including phenoxy) is 1. The minimum Gasteiger partial charge on any atom is -0.446 e. The molecule has 1 saturated heterocycles. The molecule has 1 unspecified atom stereocenters. The molecule has 8 nitrogen and oxygen atoms in total. The van der Waals surface area contributed by atoms with Crippen molar-refractivity contribution in [3.8, 4) is 0 Å². The van der Waals surface area contributed by atoms with Gasteiger partial charge in [-0.2, -0.15) is 0 Å². The molecule has 1 aromatic heterocycles. The zero-order chi connectivity index (χ0) is 26.2. The molecule has 9 heteroatoms. The van der Waals surface area contributed by atoms with E-state index in [9.17, 15) is 4.79 Å². The molecule has 2 fully saturated rings. The van der Waals surface area contributed by atoms with Gasteiger partial charge in [-0.05, 0) is 72.4 Å². The molecule has 1 saturated carbocycles. The minimum atomic E-state index is -0.367. The van der Waals surface area contributed by atoms with Gasteiger partial charge in [0.05, 0.1) is 36.3 Å². The number of aryl methyl sites for hydroxylation is 1. The van der Waals surface area contributed by atoms with Crippen LogP contribution in [0.4, 0.5) is 4.79 Å². The second-order valence-electron chi connectivity index (χ2n) is 10.7. The smallest absolute Gasteiger partial charge is 0.410 e. The number of rotatable bonds is 4. The van der Waals surface area contributed by atoms with Gasteiger partial charge in [0.15, 0.2) is 0 Å². The molecule has 2 aromatic rings. The molecular formula is C29H35ClN6O2. The fourth-order valence-corrected chi connectivity index (χ4v) is 6.47. The number of nitrogens with two attached hydrogens (primary N) is 1. The summed E-state index contributed by atoms with van der Waals surface area (Å²) in [6.45, 7) is 2.79. The molecule has 200 valence electrons. The lowest BCUT2D eigenvalue weighted by molar-refractivity contribution is 0.0379. The van der Waals surface area contributed by atoms with Gasteiger partial charge in [-0.3, -0.25) is 4.90 Å². The number of aromatic nitrogens is 2. The Balaban J connectivity index is 1.31. The molecule has 0 spiro atoms. The van der Waals surface area contributed by atoms with Crippen molar-refractivity contribution in [3.05, 3.63) is 82.6 Å². The van der Waals surface area contributed by atoms with E-state index in [1.807, 2.05) is 47.1 Å². The van der Waals surface area contributed by atoms with Gasteiger partial charge < -0.3 is 25.3 Å². The SMILES string of the molecule is Cn1cncc1[C@H](N)C1=CC2=CC=CNC2[C@@H](N2CCN(C(=O)OC3CCCC3)CC2)c2ccc(Cl)cc21. The van der Waals surface area contributed by atoms with E-state index in [1.165, 1.54) is 11.1 Å². The van der Waals surface area contributed by atoms with Crippen LogP contribution in [0, 0.1) is 0 Å². The third-order valence-corrected chi connectivity index (χ3v) is 8.58. The van der Waals surface area contributed by atoms with E-state index in [0.717, 1.165) is 55.6 Å². The standard InChI is InChI=1S/C29H35ClN6O2/c1-34-18-32-17-25(34)26(31)24-15-19-5-4-10-33-27(19)28(22-9-8-20(30)16-23(22)24)35-11-13-36(14-12-35)29(37)38-21-6-2-3-7-21/h4-5,8-10,15-18,21,26-28,33H,2-3,6-7,11-14,31H2,1H3/t26-,27?,28+/m1/s1. The third-order valence-electron chi connectivity index (χ3n) is 8.35. The van der Waals surface area contributed by atoms with Gasteiger partial charge in [-0.15, -0.1) is 0 Å². The maximum atomic E-state index is 12.8.